The molecule has 1 atom stereocenters. The van der Waals surface area contributed by atoms with Crippen LogP contribution in [-0.4, -0.2) is 30.1 Å². The molecule has 2 heterocycles. The van der Waals surface area contributed by atoms with Crippen molar-refractivity contribution in [3.8, 4) is 0 Å². The Labute approximate surface area is 120 Å². The van der Waals surface area contributed by atoms with Gasteiger partial charge in [0, 0.05) is 22.9 Å². The van der Waals surface area contributed by atoms with E-state index in [4.69, 9.17) is 0 Å². The van der Waals surface area contributed by atoms with Crippen LogP contribution in [0, 0.1) is 10.1 Å². The minimum Gasteiger partial charge on any atom is -0.363 e. The molecule has 0 radical (unpaired) electrons. The first-order valence-corrected chi connectivity index (χ1v) is 7.87. The third-order valence-corrected chi connectivity index (χ3v) is 4.54. The number of benzene rings is 1. The van der Waals surface area contributed by atoms with Gasteiger partial charge >= 0.3 is 0 Å². The van der Waals surface area contributed by atoms with E-state index in [1.807, 2.05) is 0 Å². The van der Waals surface area contributed by atoms with Crippen molar-refractivity contribution in [1.82, 2.24) is 4.98 Å². The average Bonchev–Trinajstić information content (AvgIpc) is 2.77. The van der Waals surface area contributed by atoms with Gasteiger partial charge in [-0.05, 0) is 24.3 Å². The van der Waals surface area contributed by atoms with E-state index in [1.165, 1.54) is 17.5 Å². The number of nitrogens with one attached hydrogen (secondary N) is 1. The smallest absolute Gasteiger partial charge is 0.270 e. The number of hydrogen-bond acceptors (Lipinski definition) is 6. The highest BCUT2D eigenvalue weighted by atomic mass is 32.2. The first kappa shape index (κ1) is 13.5. The van der Waals surface area contributed by atoms with Crippen molar-refractivity contribution in [1.29, 1.82) is 0 Å². The molecule has 108 valence electrons. The highest BCUT2D eigenvalue weighted by molar-refractivity contribution is 7.94. The molecule has 1 unspecified atom stereocenters. The number of nitro benzene ring substituents is 1. The lowest BCUT2D eigenvalue weighted by Crippen LogP contribution is -2.21. The summed E-state index contributed by atoms with van der Waals surface area (Å²) in [7, 11) is -3.12. The van der Waals surface area contributed by atoms with Crippen LogP contribution < -0.4 is 5.32 Å². The Bertz CT molecular complexity index is 861. The van der Waals surface area contributed by atoms with Gasteiger partial charge in [-0.15, -0.1) is 0 Å². The summed E-state index contributed by atoms with van der Waals surface area (Å²) < 4.78 is 22.7. The summed E-state index contributed by atoms with van der Waals surface area (Å²) in [6.45, 7) is 0. The highest BCUT2D eigenvalue weighted by Crippen LogP contribution is 2.22. The molecular formula is C13H11N3O4S. The van der Waals surface area contributed by atoms with Gasteiger partial charge in [-0.3, -0.25) is 10.1 Å². The Hall–Kier alpha value is -2.48. The van der Waals surface area contributed by atoms with Crippen LogP contribution in [0.2, 0.25) is 0 Å². The number of pyridine rings is 1. The zero-order valence-corrected chi connectivity index (χ0v) is 11.6. The minimum absolute atomic E-state index is 0.00692. The van der Waals surface area contributed by atoms with E-state index in [-0.39, 0.29) is 17.5 Å². The van der Waals surface area contributed by atoms with Gasteiger partial charge in [-0.25, -0.2) is 13.4 Å². The molecule has 21 heavy (non-hydrogen) atoms. The summed E-state index contributed by atoms with van der Waals surface area (Å²) in [4.78, 5) is 14.6. The van der Waals surface area contributed by atoms with Crippen molar-refractivity contribution in [3.05, 3.63) is 51.9 Å². The molecule has 3 rings (SSSR count). The number of nitrogens with zero attached hydrogens (tertiary/aromatic N) is 2. The summed E-state index contributed by atoms with van der Waals surface area (Å²) in [5.74, 6) is 0.538. The minimum atomic E-state index is -3.12. The van der Waals surface area contributed by atoms with Crippen LogP contribution in [0.1, 0.15) is 0 Å². The average molecular weight is 305 g/mol. The van der Waals surface area contributed by atoms with Crippen LogP contribution in [0.4, 0.5) is 11.5 Å². The Kier molecular flexibility index (Phi) is 3.09. The summed E-state index contributed by atoms with van der Waals surface area (Å²) in [6, 6.07) is 7.48. The number of aromatic nitrogens is 1. The number of sulfone groups is 1. The SMILES string of the molecule is O=[N+]([O-])c1ccc2nc(NC3C=CS(=O)(=O)C3)ccc2c1. The number of anilines is 1. The molecule has 0 aliphatic carbocycles. The van der Waals surface area contributed by atoms with Gasteiger partial charge in [0.1, 0.15) is 5.82 Å². The van der Waals surface area contributed by atoms with Crippen LogP contribution in [0.5, 0.6) is 0 Å². The third-order valence-electron chi connectivity index (χ3n) is 3.15. The first-order chi connectivity index (χ1) is 9.93. The normalized spacial score (nSPS) is 19.7. The van der Waals surface area contributed by atoms with E-state index < -0.39 is 14.8 Å². The molecule has 8 heteroatoms. The van der Waals surface area contributed by atoms with E-state index >= 15 is 0 Å². The number of nitro groups is 1. The molecule has 0 spiro atoms. The summed E-state index contributed by atoms with van der Waals surface area (Å²) >= 11 is 0. The predicted octanol–water partition coefficient (Wildman–Crippen LogP) is 1.87. The lowest BCUT2D eigenvalue weighted by Gasteiger charge is -2.11. The first-order valence-electron chi connectivity index (χ1n) is 6.16. The molecule has 0 fully saturated rings. The van der Waals surface area contributed by atoms with E-state index in [2.05, 4.69) is 10.3 Å². The molecule has 7 nitrogen and oxygen atoms in total. The predicted molar refractivity (Wildman–Crippen MR) is 78.7 cm³/mol. The second-order valence-electron chi connectivity index (χ2n) is 4.74. The summed E-state index contributed by atoms with van der Waals surface area (Å²) in [6.07, 6.45) is 1.58. The molecule has 0 bridgehead atoms. The van der Waals surface area contributed by atoms with Gasteiger partial charge in [0.15, 0.2) is 9.84 Å². The fraction of sp³-hybridized carbons (Fsp3) is 0.154. The number of hydrogen-bond donors (Lipinski definition) is 1. The van der Waals surface area contributed by atoms with E-state index in [0.717, 1.165) is 0 Å². The lowest BCUT2D eigenvalue weighted by molar-refractivity contribution is -0.384. The highest BCUT2D eigenvalue weighted by Gasteiger charge is 2.21. The van der Waals surface area contributed by atoms with Gasteiger partial charge < -0.3 is 5.32 Å². The lowest BCUT2D eigenvalue weighted by atomic mass is 10.2. The maximum atomic E-state index is 11.3. The summed E-state index contributed by atoms with van der Waals surface area (Å²) in [5.41, 5.74) is 0.616. The van der Waals surface area contributed by atoms with Crippen molar-refractivity contribution >= 4 is 32.2 Å². The Morgan fingerprint density at radius 1 is 1.29 bits per heavy atom. The Morgan fingerprint density at radius 3 is 2.76 bits per heavy atom. The van der Waals surface area contributed by atoms with Gasteiger partial charge in [0.25, 0.3) is 5.69 Å². The molecule has 0 saturated carbocycles. The van der Waals surface area contributed by atoms with Gasteiger partial charge in [-0.2, -0.15) is 0 Å². The maximum Gasteiger partial charge on any atom is 0.270 e. The van der Waals surface area contributed by atoms with Crippen LogP contribution in [-0.2, 0) is 9.84 Å². The molecule has 1 aromatic heterocycles. The van der Waals surface area contributed by atoms with Crippen LogP contribution >= 0.6 is 0 Å². The largest absolute Gasteiger partial charge is 0.363 e. The molecule has 1 aromatic carbocycles. The van der Waals surface area contributed by atoms with E-state index in [0.29, 0.717) is 16.7 Å². The Morgan fingerprint density at radius 2 is 2.10 bits per heavy atom. The number of rotatable bonds is 3. The maximum absolute atomic E-state index is 11.3. The van der Waals surface area contributed by atoms with Crippen LogP contribution in [0.3, 0.4) is 0 Å². The van der Waals surface area contributed by atoms with Gasteiger partial charge in [0.05, 0.1) is 22.2 Å². The van der Waals surface area contributed by atoms with Crippen molar-refractivity contribution < 1.29 is 13.3 Å². The standard InChI is InChI=1S/C13H11N3O4S/c17-16(18)11-2-3-12-9(7-11)1-4-13(15-12)14-10-5-6-21(19,20)8-10/h1-7,10H,8H2,(H,14,15). The topological polar surface area (TPSA) is 102 Å². The zero-order chi connectivity index (χ0) is 15.0. The quantitative estimate of drug-likeness (QED) is 0.686. The van der Waals surface area contributed by atoms with Crippen LogP contribution in [0.25, 0.3) is 10.9 Å². The summed E-state index contributed by atoms with van der Waals surface area (Å²) in [5, 5.41) is 15.6. The van der Waals surface area contributed by atoms with Gasteiger partial charge in [0.2, 0.25) is 0 Å². The van der Waals surface area contributed by atoms with E-state index in [9.17, 15) is 18.5 Å². The molecule has 1 aliphatic rings. The number of non-ortho nitro benzene ring substituents is 1. The fourth-order valence-corrected chi connectivity index (χ4v) is 3.40. The van der Waals surface area contributed by atoms with E-state index in [1.54, 1.807) is 24.3 Å². The third kappa shape index (κ3) is 2.84. The monoisotopic (exact) mass is 305 g/mol. The second-order valence-corrected chi connectivity index (χ2v) is 6.67. The Balaban J connectivity index is 1.87. The van der Waals surface area contributed by atoms with Crippen molar-refractivity contribution in [2.45, 2.75) is 6.04 Å². The molecule has 1 aliphatic heterocycles. The zero-order valence-electron chi connectivity index (χ0n) is 10.8. The van der Waals surface area contributed by atoms with Gasteiger partial charge in [-0.1, -0.05) is 0 Å². The second kappa shape index (κ2) is 4.81. The van der Waals surface area contributed by atoms with Crippen molar-refractivity contribution in [3.63, 3.8) is 0 Å². The molecule has 0 amide bonds. The molecule has 0 saturated heterocycles. The fourth-order valence-electron chi connectivity index (χ4n) is 2.16. The van der Waals surface area contributed by atoms with Crippen LogP contribution in [0.15, 0.2) is 41.8 Å². The van der Waals surface area contributed by atoms with Crippen molar-refractivity contribution in [2.75, 3.05) is 11.1 Å². The molecule has 2 aromatic rings. The number of fused-ring (bicyclic) bond motifs is 1. The van der Waals surface area contributed by atoms with Crippen molar-refractivity contribution in [2.24, 2.45) is 0 Å². The molecular weight excluding hydrogens is 294 g/mol. The molecule has 1 N–H and O–H groups in total.